The smallest absolute Gasteiger partial charge is 0.0366 e. The van der Waals surface area contributed by atoms with Crippen LogP contribution in [0.1, 0.15) is 43.4 Å². The molecule has 2 rings (SSSR count). The summed E-state index contributed by atoms with van der Waals surface area (Å²) in [7, 11) is 0. The SMILES string of the molecule is CCNC(c1cnccc1C)C1CCC1. The van der Waals surface area contributed by atoms with E-state index in [1.54, 1.807) is 0 Å². The van der Waals surface area contributed by atoms with Crippen LogP contribution in [0.3, 0.4) is 0 Å². The van der Waals surface area contributed by atoms with Gasteiger partial charge < -0.3 is 5.32 Å². The molecular weight excluding hydrogens is 184 g/mol. The molecule has 0 amide bonds. The zero-order valence-corrected chi connectivity index (χ0v) is 9.66. The zero-order chi connectivity index (χ0) is 10.7. The van der Waals surface area contributed by atoms with Crippen LogP contribution >= 0.6 is 0 Å². The molecule has 1 heterocycles. The molecule has 1 aliphatic carbocycles. The Labute approximate surface area is 92.1 Å². The number of hydrogen-bond donors (Lipinski definition) is 1. The standard InChI is InChI=1S/C13H20N2/c1-3-15-13(11-5-4-6-11)12-9-14-8-7-10(12)2/h7-9,11,13,15H,3-6H2,1-2H3. The number of aromatic nitrogens is 1. The third-order valence-corrected chi connectivity index (χ3v) is 3.46. The number of hydrogen-bond acceptors (Lipinski definition) is 2. The van der Waals surface area contributed by atoms with Gasteiger partial charge in [-0.25, -0.2) is 0 Å². The van der Waals surface area contributed by atoms with Crippen molar-refractivity contribution < 1.29 is 0 Å². The van der Waals surface area contributed by atoms with Crippen LogP contribution < -0.4 is 5.32 Å². The first kappa shape index (κ1) is 10.6. The molecule has 0 aromatic carbocycles. The van der Waals surface area contributed by atoms with Gasteiger partial charge in [-0.15, -0.1) is 0 Å². The van der Waals surface area contributed by atoms with Gasteiger partial charge in [0.2, 0.25) is 0 Å². The molecule has 15 heavy (non-hydrogen) atoms. The highest BCUT2D eigenvalue weighted by molar-refractivity contribution is 5.26. The van der Waals surface area contributed by atoms with Gasteiger partial charge in [0, 0.05) is 18.4 Å². The summed E-state index contributed by atoms with van der Waals surface area (Å²) < 4.78 is 0. The van der Waals surface area contributed by atoms with Crippen molar-refractivity contribution in [1.29, 1.82) is 0 Å². The fourth-order valence-electron chi connectivity index (χ4n) is 2.33. The molecule has 1 fully saturated rings. The molecule has 0 saturated heterocycles. The molecule has 1 unspecified atom stereocenters. The van der Waals surface area contributed by atoms with Crippen LogP contribution in [-0.4, -0.2) is 11.5 Å². The van der Waals surface area contributed by atoms with Crippen LogP contribution in [0.4, 0.5) is 0 Å². The van der Waals surface area contributed by atoms with E-state index in [4.69, 9.17) is 0 Å². The lowest BCUT2D eigenvalue weighted by molar-refractivity contribution is 0.232. The van der Waals surface area contributed by atoms with E-state index in [1.807, 2.05) is 12.4 Å². The normalized spacial score (nSPS) is 18.5. The van der Waals surface area contributed by atoms with Crippen LogP contribution in [0.5, 0.6) is 0 Å². The monoisotopic (exact) mass is 204 g/mol. The van der Waals surface area contributed by atoms with E-state index in [0.29, 0.717) is 6.04 Å². The topological polar surface area (TPSA) is 24.9 Å². The summed E-state index contributed by atoms with van der Waals surface area (Å²) in [5, 5.41) is 3.60. The number of nitrogens with one attached hydrogen (secondary N) is 1. The quantitative estimate of drug-likeness (QED) is 0.815. The summed E-state index contributed by atoms with van der Waals surface area (Å²) in [5.74, 6) is 0.827. The second-order valence-corrected chi connectivity index (χ2v) is 4.46. The Bertz CT molecular complexity index is 318. The van der Waals surface area contributed by atoms with Gasteiger partial charge in [-0.3, -0.25) is 4.98 Å². The summed E-state index contributed by atoms with van der Waals surface area (Å²) >= 11 is 0. The van der Waals surface area contributed by atoms with Gasteiger partial charge in [-0.05, 0) is 49.4 Å². The Balaban J connectivity index is 2.19. The third kappa shape index (κ3) is 2.20. The maximum atomic E-state index is 4.25. The predicted octanol–water partition coefficient (Wildman–Crippen LogP) is 2.84. The minimum absolute atomic E-state index is 0.525. The summed E-state index contributed by atoms with van der Waals surface area (Å²) in [5.41, 5.74) is 2.76. The molecule has 1 atom stereocenters. The number of pyridine rings is 1. The van der Waals surface area contributed by atoms with Crippen LogP contribution in [0, 0.1) is 12.8 Å². The minimum atomic E-state index is 0.525. The van der Waals surface area contributed by atoms with Crippen molar-refractivity contribution in [2.45, 2.75) is 39.2 Å². The Hall–Kier alpha value is -0.890. The fraction of sp³-hybridized carbons (Fsp3) is 0.615. The second kappa shape index (κ2) is 4.75. The van der Waals surface area contributed by atoms with E-state index in [0.717, 1.165) is 12.5 Å². The van der Waals surface area contributed by atoms with Crippen molar-refractivity contribution in [2.24, 2.45) is 5.92 Å². The first-order valence-corrected chi connectivity index (χ1v) is 5.96. The van der Waals surface area contributed by atoms with Crippen molar-refractivity contribution in [3.63, 3.8) is 0 Å². The largest absolute Gasteiger partial charge is 0.310 e. The summed E-state index contributed by atoms with van der Waals surface area (Å²) in [6.07, 6.45) is 8.04. The van der Waals surface area contributed by atoms with Gasteiger partial charge in [0.05, 0.1) is 0 Å². The molecule has 0 aliphatic heterocycles. The van der Waals surface area contributed by atoms with Crippen LogP contribution in [0.25, 0.3) is 0 Å². The summed E-state index contributed by atoms with van der Waals surface area (Å²) in [6.45, 7) is 5.40. The van der Waals surface area contributed by atoms with Gasteiger partial charge in [0.25, 0.3) is 0 Å². The Morgan fingerprint density at radius 2 is 2.33 bits per heavy atom. The molecule has 0 spiro atoms. The van der Waals surface area contributed by atoms with Crippen molar-refractivity contribution in [3.8, 4) is 0 Å². The average molecular weight is 204 g/mol. The van der Waals surface area contributed by atoms with E-state index < -0.39 is 0 Å². The molecule has 0 bridgehead atoms. The lowest BCUT2D eigenvalue weighted by Gasteiger charge is -2.35. The van der Waals surface area contributed by atoms with Gasteiger partial charge >= 0.3 is 0 Å². The Morgan fingerprint density at radius 3 is 2.87 bits per heavy atom. The summed E-state index contributed by atoms with van der Waals surface area (Å²) in [4.78, 5) is 4.25. The van der Waals surface area contributed by atoms with E-state index in [-0.39, 0.29) is 0 Å². The van der Waals surface area contributed by atoms with Gasteiger partial charge in [-0.1, -0.05) is 13.3 Å². The van der Waals surface area contributed by atoms with E-state index in [1.165, 1.54) is 30.4 Å². The van der Waals surface area contributed by atoms with Gasteiger partial charge in [-0.2, -0.15) is 0 Å². The van der Waals surface area contributed by atoms with Crippen molar-refractivity contribution in [2.75, 3.05) is 6.54 Å². The van der Waals surface area contributed by atoms with E-state index in [2.05, 4.69) is 30.2 Å². The van der Waals surface area contributed by atoms with Crippen molar-refractivity contribution in [3.05, 3.63) is 29.6 Å². The summed E-state index contributed by atoms with van der Waals surface area (Å²) in [6, 6.07) is 2.63. The lowest BCUT2D eigenvalue weighted by Crippen LogP contribution is -2.32. The molecule has 1 aliphatic rings. The maximum absolute atomic E-state index is 4.25. The zero-order valence-electron chi connectivity index (χ0n) is 9.66. The van der Waals surface area contributed by atoms with E-state index >= 15 is 0 Å². The first-order chi connectivity index (χ1) is 7.33. The highest BCUT2D eigenvalue weighted by Crippen LogP contribution is 2.38. The maximum Gasteiger partial charge on any atom is 0.0366 e. The molecule has 1 aromatic heterocycles. The van der Waals surface area contributed by atoms with Crippen LogP contribution in [0.2, 0.25) is 0 Å². The van der Waals surface area contributed by atoms with Gasteiger partial charge in [0.1, 0.15) is 0 Å². The number of aryl methyl sites for hydroxylation is 1. The first-order valence-electron chi connectivity index (χ1n) is 5.96. The molecule has 1 aromatic rings. The van der Waals surface area contributed by atoms with Crippen LogP contribution in [-0.2, 0) is 0 Å². The molecule has 0 radical (unpaired) electrons. The molecular formula is C13H20N2. The van der Waals surface area contributed by atoms with Crippen molar-refractivity contribution >= 4 is 0 Å². The number of rotatable bonds is 4. The highest BCUT2D eigenvalue weighted by atomic mass is 14.9. The van der Waals surface area contributed by atoms with Crippen LogP contribution in [0.15, 0.2) is 18.5 Å². The Morgan fingerprint density at radius 1 is 1.53 bits per heavy atom. The van der Waals surface area contributed by atoms with Crippen molar-refractivity contribution in [1.82, 2.24) is 10.3 Å². The Kier molecular flexibility index (Phi) is 3.37. The van der Waals surface area contributed by atoms with E-state index in [9.17, 15) is 0 Å². The number of nitrogens with zero attached hydrogens (tertiary/aromatic N) is 1. The lowest BCUT2D eigenvalue weighted by atomic mass is 9.76. The second-order valence-electron chi connectivity index (χ2n) is 4.46. The fourth-order valence-corrected chi connectivity index (χ4v) is 2.33. The molecule has 2 nitrogen and oxygen atoms in total. The molecule has 82 valence electrons. The average Bonchev–Trinajstić information content (AvgIpc) is 2.15. The molecule has 1 saturated carbocycles. The minimum Gasteiger partial charge on any atom is -0.310 e. The third-order valence-electron chi connectivity index (χ3n) is 3.46. The molecule has 2 heteroatoms. The van der Waals surface area contributed by atoms with Gasteiger partial charge in [0.15, 0.2) is 0 Å². The molecule has 1 N–H and O–H groups in total. The highest BCUT2D eigenvalue weighted by Gasteiger charge is 2.28. The predicted molar refractivity (Wildman–Crippen MR) is 62.7 cm³/mol.